The Morgan fingerprint density at radius 2 is 2.12 bits per heavy atom. The van der Waals surface area contributed by atoms with Gasteiger partial charge in [0.1, 0.15) is 5.82 Å². The van der Waals surface area contributed by atoms with Gasteiger partial charge in [0, 0.05) is 25.3 Å². The Hall–Kier alpha value is -1.09. The van der Waals surface area contributed by atoms with Gasteiger partial charge in [0.25, 0.3) is 0 Å². The molecule has 1 aliphatic heterocycles. The number of aryl methyl sites for hydroxylation is 1. The first-order valence-electron chi connectivity index (χ1n) is 6.52. The van der Waals surface area contributed by atoms with E-state index in [1.807, 2.05) is 6.92 Å². The number of hydrogen-bond acceptors (Lipinski definition) is 3. The molecule has 0 aromatic carbocycles. The van der Waals surface area contributed by atoms with Gasteiger partial charge in [-0.05, 0) is 42.9 Å². The number of rotatable bonds is 2. The summed E-state index contributed by atoms with van der Waals surface area (Å²) in [5.41, 5.74) is 7.96. The summed E-state index contributed by atoms with van der Waals surface area (Å²) in [4.78, 5) is 7.03. The highest BCUT2D eigenvalue weighted by molar-refractivity contribution is 5.43. The summed E-state index contributed by atoms with van der Waals surface area (Å²) in [6.45, 7) is 9.54. The van der Waals surface area contributed by atoms with E-state index in [1.54, 1.807) is 0 Å². The van der Waals surface area contributed by atoms with E-state index in [-0.39, 0.29) is 0 Å². The first-order valence-corrected chi connectivity index (χ1v) is 6.52. The van der Waals surface area contributed by atoms with Crippen LogP contribution in [0.1, 0.15) is 31.5 Å². The number of aromatic nitrogens is 1. The van der Waals surface area contributed by atoms with Crippen LogP contribution in [0.25, 0.3) is 0 Å². The van der Waals surface area contributed by atoms with Gasteiger partial charge < -0.3 is 10.6 Å². The Balaban J connectivity index is 2.19. The molecule has 0 saturated carbocycles. The molecule has 1 aromatic rings. The van der Waals surface area contributed by atoms with Crippen LogP contribution in [0.4, 0.5) is 5.82 Å². The van der Waals surface area contributed by atoms with Crippen LogP contribution in [0.15, 0.2) is 12.1 Å². The molecule has 0 spiro atoms. The van der Waals surface area contributed by atoms with Crippen LogP contribution in [0.5, 0.6) is 0 Å². The van der Waals surface area contributed by atoms with Crippen molar-refractivity contribution in [3.63, 3.8) is 0 Å². The van der Waals surface area contributed by atoms with E-state index < -0.39 is 0 Å². The summed E-state index contributed by atoms with van der Waals surface area (Å²) in [5, 5.41) is 0. The Bertz CT molecular complexity index is 389. The summed E-state index contributed by atoms with van der Waals surface area (Å²) in [5.74, 6) is 2.67. The smallest absolute Gasteiger partial charge is 0.129 e. The lowest BCUT2D eigenvalue weighted by molar-refractivity contribution is 0.322. The molecule has 3 nitrogen and oxygen atoms in total. The van der Waals surface area contributed by atoms with Crippen molar-refractivity contribution in [2.75, 3.05) is 18.0 Å². The standard InChI is InChI=1S/C14H23N3/c1-10-4-5-17(9-11(10)2)14-7-13(8-15)6-12(3)16-14/h6-7,10-11H,4-5,8-9,15H2,1-3H3. The van der Waals surface area contributed by atoms with Gasteiger partial charge in [-0.15, -0.1) is 0 Å². The van der Waals surface area contributed by atoms with Crippen LogP contribution in [0.3, 0.4) is 0 Å². The zero-order valence-electron chi connectivity index (χ0n) is 11.1. The Morgan fingerprint density at radius 3 is 2.76 bits per heavy atom. The molecule has 0 radical (unpaired) electrons. The number of piperidine rings is 1. The molecule has 0 bridgehead atoms. The van der Waals surface area contributed by atoms with E-state index in [2.05, 4.69) is 35.9 Å². The van der Waals surface area contributed by atoms with E-state index in [4.69, 9.17) is 5.73 Å². The molecular weight excluding hydrogens is 210 g/mol. The molecule has 1 aromatic heterocycles. The third kappa shape index (κ3) is 2.78. The molecule has 1 fully saturated rings. The molecule has 2 heterocycles. The molecule has 0 aliphatic carbocycles. The van der Waals surface area contributed by atoms with Gasteiger partial charge in [-0.2, -0.15) is 0 Å². The van der Waals surface area contributed by atoms with Crippen LogP contribution in [0, 0.1) is 18.8 Å². The largest absolute Gasteiger partial charge is 0.356 e. The zero-order valence-corrected chi connectivity index (χ0v) is 11.1. The van der Waals surface area contributed by atoms with Crippen molar-refractivity contribution in [2.24, 2.45) is 17.6 Å². The second kappa shape index (κ2) is 5.05. The lowest BCUT2D eigenvalue weighted by Gasteiger charge is -2.36. The van der Waals surface area contributed by atoms with Gasteiger partial charge >= 0.3 is 0 Å². The van der Waals surface area contributed by atoms with Crippen molar-refractivity contribution in [1.82, 2.24) is 4.98 Å². The third-order valence-corrected chi connectivity index (χ3v) is 3.89. The van der Waals surface area contributed by atoms with Crippen LogP contribution >= 0.6 is 0 Å². The second-order valence-electron chi connectivity index (χ2n) is 5.37. The molecule has 2 rings (SSSR count). The molecular formula is C14H23N3. The molecule has 3 heteroatoms. The molecule has 0 amide bonds. The Morgan fingerprint density at radius 1 is 1.35 bits per heavy atom. The Labute approximate surface area is 104 Å². The number of pyridine rings is 1. The lowest BCUT2D eigenvalue weighted by Crippen LogP contribution is -2.39. The van der Waals surface area contributed by atoms with Crippen molar-refractivity contribution < 1.29 is 0 Å². The van der Waals surface area contributed by atoms with Crippen LogP contribution in [0.2, 0.25) is 0 Å². The SMILES string of the molecule is Cc1cc(CN)cc(N2CCC(C)C(C)C2)n1. The fourth-order valence-corrected chi connectivity index (χ4v) is 2.47. The van der Waals surface area contributed by atoms with E-state index in [0.29, 0.717) is 6.54 Å². The first kappa shape index (κ1) is 12.4. The predicted octanol–water partition coefficient (Wildman–Crippen LogP) is 2.33. The summed E-state index contributed by atoms with van der Waals surface area (Å²) < 4.78 is 0. The van der Waals surface area contributed by atoms with Gasteiger partial charge in [-0.3, -0.25) is 0 Å². The van der Waals surface area contributed by atoms with Crippen molar-refractivity contribution in [3.05, 3.63) is 23.4 Å². The van der Waals surface area contributed by atoms with E-state index in [9.17, 15) is 0 Å². The fourth-order valence-electron chi connectivity index (χ4n) is 2.47. The topological polar surface area (TPSA) is 42.1 Å². The monoisotopic (exact) mass is 233 g/mol. The molecule has 2 unspecified atom stereocenters. The normalized spacial score (nSPS) is 25.1. The minimum absolute atomic E-state index is 0.593. The number of anilines is 1. The molecule has 1 aliphatic rings. The highest BCUT2D eigenvalue weighted by Gasteiger charge is 2.23. The quantitative estimate of drug-likeness (QED) is 0.852. The second-order valence-corrected chi connectivity index (χ2v) is 5.37. The van der Waals surface area contributed by atoms with Gasteiger partial charge in [0.05, 0.1) is 0 Å². The number of nitrogens with two attached hydrogens (primary N) is 1. The molecule has 17 heavy (non-hydrogen) atoms. The highest BCUT2D eigenvalue weighted by Crippen LogP contribution is 2.26. The van der Waals surface area contributed by atoms with Gasteiger partial charge in [0.15, 0.2) is 0 Å². The van der Waals surface area contributed by atoms with Crippen LogP contribution in [-0.4, -0.2) is 18.1 Å². The summed E-state index contributed by atoms with van der Waals surface area (Å²) in [7, 11) is 0. The van der Waals surface area contributed by atoms with E-state index >= 15 is 0 Å². The predicted molar refractivity (Wildman–Crippen MR) is 72.0 cm³/mol. The fraction of sp³-hybridized carbons (Fsp3) is 0.643. The maximum absolute atomic E-state index is 5.72. The highest BCUT2D eigenvalue weighted by atomic mass is 15.2. The van der Waals surface area contributed by atoms with Crippen molar-refractivity contribution in [3.8, 4) is 0 Å². The maximum Gasteiger partial charge on any atom is 0.129 e. The average Bonchev–Trinajstić information content (AvgIpc) is 2.32. The molecule has 2 atom stereocenters. The third-order valence-electron chi connectivity index (χ3n) is 3.89. The maximum atomic E-state index is 5.72. The van der Waals surface area contributed by atoms with Crippen molar-refractivity contribution >= 4 is 5.82 Å². The number of nitrogens with zero attached hydrogens (tertiary/aromatic N) is 2. The van der Waals surface area contributed by atoms with Crippen molar-refractivity contribution in [1.29, 1.82) is 0 Å². The molecule has 1 saturated heterocycles. The zero-order chi connectivity index (χ0) is 12.4. The van der Waals surface area contributed by atoms with Gasteiger partial charge in [-0.25, -0.2) is 4.98 Å². The molecule has 2 N–H and O–H groups in total. The van der Waals surface area contributed by atoms with Crippen molar-refractivity contribution in [2.45, 2.75) is 33.7 Å². The van der Waals surface area contributed by atoms with Crippen LogP contribution < -0.4 is 10.6 Å². The van der Waals surface area contributed by atoms with Crippen LogP contribution in [-0.2, 0) is 6.54 Å². The summed E-state index contributed by atoms with van der Waals surface area (Å²) in [6.07, 6.45) is 1.26. The average molecular weight is 233 g/mol. The van der Waals surface area contributed by atoms with E-state index in [1.165, 1.54) is 12.0 Å². The lowest BCUT2D eigenvalue weighted by atomic mass is 9.89. The Kier molecular flexibility index (Phi) is 3.67. The van der Waals surface area contributed by atoms with Gasteiger partial charge in [-0.1, -0.05) is 13.8 Å². The summed E-state index contributed by atoms with van der Waals surface area (Å²) >= 11 is 0. The first-order chi connectivity index (χ1) is 8.10. The minimum Gasteiger partial charge on any atom is -0.356 e. The van der Waals surface area contributed by atoms with E-state index in [0.717, 1.165) is 36.4 Å². The minimum atomic E-state index is 0.593. The summed E-state index contributed by atoms with van der Waals surface area (Å²) in [6, 6.07) is 4.20. The number of hydrogen-bond donors (Lipinski definition) is 1. The molecule has 94 valence electrons. The van der Waals surface area contributed by atoms with Gasteiger partial charge in [0.2, 0.25) is 0 Å².